The highest BCUT2D eigenvalue weighted by Crippen LogP contribution is 2.79. The second-order valence-corrected chi connectivity index (χ2v) is 7.27. The molecule has 19 heavy (non-hydrogen) atoms. The van der Waals surface area contributed by atoms with E-state index in [9.17, 15) is 4.79 Å². The summed E-state index contributed by atoms with van der Waals surface area (Å²) in [6.45, 7) is 10.9. The van der Waals surface area contributed by atoms with Crippen LogP contribution in [0.25, 0.3) is 0 Å². The van der Waals surface area contributed by atoms with Crippen molar-refractivity contribution in [3.8, 4) is 0 Å². The van der Waals surface area contributed by atoms with Gasteiger partial charge in [0.2, 0.25) is 0 Å². The summed E-state index contributed by atoms with van der Waals surface area (Å²) < 4.78 is 0. The van der Waals surface area contributed by atoms with Gasteiger partial charge in [-0.05, 0) is 35.5 Å². The summed E-state index contributed by atoms with van der Waals surface area (Å²) >= 11 is 0. The Hall–Kier alpha value is -0.925. The van der Waals surface area contributed by atoms with Crippen molar-refractivity contribution in [2.24, 2.45) is 22.7 Å². The molecule has 0 aromatic carbocycles. The molecule has 3 aliphatic rings. The first-order valence-electron chi connectivity index (χ1n) is 7.33. The van der Waals surface area contributed by atoms with Crippen LogP contribution >= 0.6 is 0 Å². The standard InChI is InChI=1S/C9H16.C6H10BNO2/c1-6-7-5-9(7,4)8(6,2)3;7-5-1-3-8(4-2-5)6(9)10/h6-7H,5H2,1-4H3;1H,2-4,7H2,(H,9,10). The molecule has 3 atom stereocenters. The van der Waals surface area contributed by atoms with Gasteiger partial charge in [-0.15, -0.1) is 5.47 Å². The topological polar surface area (TPSA) is 40.5 Å². The molecule has 2 fully saturated rings. The zero-order valence-electron chi connectivity index (χ0n) is 12.9. The highest BCUT2D eigenvalue weighted by Gasteiger charge is 2.73. The number of nitrogens with zero attached hydrogens (tertiary/aromatic N) is 1. The van der Waals surface area contributed by atoms with E-state index in [0.29, 0.717) is 18.5 Å². The lowest BCUT2D eigenvalue weighted by atomic mass is 9.56. The van der Waals surface area contributed by atoms with Gasteiger partial charge >= 0.3 is 6.09 Å². The summed E-state index contributed by atoms with van der Waals surface area (Å²) in [5.74, 6) is 2.08. The second kappa shape index (κ2) is 4.57. The van der Waals surface area contributed by atoms with Gasteiger partial charge in [-0.3, -0.25) is 0 Å². The fourth-order valence-corrected chi connectivity index (χ4v) is 3.74. The van der Waals surface area contributed by atoms with Crippen molar-refractivity contribution in [1.82, 2.24) is 4.90 Å². The van der Waals surface area contributed by atoms with E-state index in [4.69, 9.17) is 5.11 Å². The molecular formula is C15H26BNO2. The van der Waals surface area contributed by atoms with Gasteiger partial charge in [0, 0.05) is 13.1 Å². The van der Waals surface area contributed by atoms with Crippen LogP contribution < -0.4 is 0 Å². The van der Waals surface area contributed by atoms with Crippen LogP contribution in [0.3, 0.4) is 0 Å². The summed E-state index contributed by atoms with van der Waals surface area (Å²) in [4.78, 5) is 11.8. The van der Waals surface area contributed by atoms with Gasteiger partial charge in [-0.25, -0.2) is 4.79 Å². The predicted molar refractivity (Wildman–Crippen MR) is 80.0 cm³/mol. The van der Waals surface area contributed by atoms with Gasteiger partial charge in [0.05, 0.1) is 0 Å². The fraction of sp³-hybridized carbons (Fsp3) is 0.800. The first-order chi connectivity index (χ1) is 8.70. The van der Waals surface area contributed by atoms with Crippen molar-refractivity contribution in [2.75, 3.05) is 13.1 Å². The molecular weight excluding hydrogens is 237 g/mol. The van der Waals surface area contributed by atoms with Crippen LogP contribution in [0.5, 0.6) is 0 Å². The average Bonchev–Trinajstić information content (AvgIpc) is 3.01. The van der Waals surface area contributed by atoms with Crippen molar-refractivity contribution < 1.29 is 9.90 Å². The van der Waals surface area contributed by atoms with Crippen molar-refractivity contribution in [2.45, 2.75) is 40.5 Å². The van der Waals surface area contributed by atoms with Crippen LogP contribution in [-0.4, -0.2) is 37.0 Å². The fourth-order valence-electron chi connectivity index (χ4n) is 3.74. The molecule has 0 aromatic rings. The van der Waals surface area contributed by atoms with Crippen LogP contribution in [0.2, 0.25) is 0 Å². The lowest BCUT2D eigenvalue weighted by molar-refractivity contribution is -0.00718. The van der Waals surface area contributed by atoms with Gasteiger partial charge in [0.15, 0.2) is 0 Å². The van der Waals surface area contributed by atoms with E-state index in [1.165, 1.54) is 16.8 Å². The third-order valence-corrected chi connectivity index (χ3v) is 6.22. The summed E-state index contributed by atoms with van der Waals surface area (Å²) in [6, 6.07) is 0. The van der Waals surface area contributed by atoms with Gasteiger partial charge in [-0.2, -0.15) is 0 Å². The van der Waals surface area contributed by atoms with Crippen molar-refractivity contribution in [1.29, 1.82) is 0 Å². The molecule has 0 saturated heterocycles. The number of hydrogen-bond donors (Lipinski definition) is 1. The zero-order chi connectivity index (χ0) is 14.4. The number of carboxylic acid groups (broad SMARTS) is 1. The van der Waals surface area contributed by atoms with E-state index in [0.717, 1.165) is 23.7 Å². The van der Waals surface area contributed by atoms with Crippen molar-refractivity contribution in [3.63, 3.8) is 0 Å². The normalized spacial score (nSPS) is 38.1. The van der Waals surface area contributed by atoms with E-state index in [2.05, 4.69) is 27.7 Å². The molecule has 1 heterocycles. The average molecular weight is 263 g/mol. The largest absolute Gasteiger partial charge is 0.465 e. The van der Waals surface area contributed by atoms with E-state index >= 15 is 0 Å². The Labute approximate surface area is 117 Å². The maximum absolute atomic E-state index is 10.4. The lowest BCUT2D eigenvalue weighted by Gasteiger charge is -2.49. The number of fused-ring (bicyclic) bond motifs is 1. The number of amides is 1. The van der Waals surface area contributed by atoms with E-state index in [1.54, 1.807) is 0 Å². The van der Waals surface area contributed by atoms with Crippen molar-refractivity contribution in [3.05, 3.63) is 11.5 Å². The molecule has 2 aliphatic carbocycles. The molecule has 3 rings (SSSR count). The molecule has 1 aliphatic heterocycles. The molecule has 4 heteroatoms. The smallest absolute Gasteiger partial charge is 0.407 e. The number of carbonyl (C=O) groups is 1. The molecule has 3 unspecified atom stereocenters. The third-order valence-electron chi connectivity index (χ3n) is 6.22. The minimum Gasteiger partial charge on any atom is -0.465 e. The Balaban J connectivity index is 0.000000141. The summed E-state index contributed by atoms with van der Waals surface area (Å²) in [6.07, 6.45) is 3.52. The van der Waals surface area contributed by atoms with Crippen LogP contribution in [0.4, 0.5) is 4.79 Å². The Kier molecular flexibility index (Phi) is 3.48. The SMILES string of the molecule is BC1=CCN(C(=O)O)CC1.CC1C2CC2(C)C1(C)C. The van der Waals surface area contributed by atoms with Crippen LogP contribution in [0, 0.1) is 22.7 Å². The molecule has 0 spiro atoms. The van der Waals surface area contributed by atoms with Crippen LogP contribution in [-0.2, 0) is 0 Å². The number of hydrogen-bond acceptors (Lipinski definition) is 1. The number of rotatable bonds is 0. The second-order valence-electron chi connectivity index (χ2n) is 7.27. The first kappa shape index (κ1) is 14.5. The Morgan fingerprint density at radius 3 is 2.37 bits per heavy atom. The van der Waals surface area contributed by atoms with Crippen molar-refractivity contribution >= 4 is 13.9 Å². The summed E-state index contributed by atoms with van der Waals surface area (Å²) in [7, 11) is 2.03. The predicted octanol–water partition coefficient (Wildman–Crippen LogP) is 2.58. The first-order valence-corrected chi connectivity index (χ1v) is 7.33. The summed E-state index contributed by atoms with van der Waals surface area (Å²) in [5.41, 5.74) is 2.70. The van der Waals surface area contributed by atoms with Gasteiger partial charge in [0.1, 0.15) is 7.85 Å². The molecule has 3 nitrogen and oxygen atoms in total. The molecule has 0 radical (unpaired) electrons. The Bertz CT molecular complexity index is 418. The minimum absolute atomic E-state index is 0.557. The third kappa shape index (κ3) is 2.30. The highest BCUT2D eigenvalue weighted by molar-refractivity contribution is 6.21. The maximum atomic E-state index is 10.4. The van der Waals surface area contributed by atoms with E-state index < -0.39 is 6.09 Å². The minimum atomic E-state index is -0.816. The molecule has 1 N–H and O–H groups in total. The van der Waals surface area contributed by atoms with Gasteiger partial charge in [0.25, 0.3) is 0 Å². The molecule has 1 amide bonds. The van der Waals surface area contributed by atoms with E-state index in [-0.39, 0.29) is 0 Å². The Morgan fingerprint density at radius 1 is 1.47 bits per heavy atom. The van der Waals surface area contributed by atoms with E-state index in [1.807, 2.05) is 13.9 Å². The van der Waals surface area contributed by atoms with Gasteiger partial charge in [-0.1, -0.05) is 33.8 Å². The quantitative estimate of drug-likeness (QED) is 0.682. The molecule has 106 valence electrons. The molecule has 0 aromatic heterocycles. The molecule has 0 bridgehead atoms. The maximum Gasteiger partial charge on any atom is 0.407 e. The lowest BCUT2D eigenvalue weighted by Crippen LogP contribution is -2.43. The summed E-state index contributed by atoms with van der Waals surface area (Å²) in [5, 5.41) is 8.52. The monoisotopic (exact) mass is 263 g/mol. The van der Waals surface area contributed by atoms with Crippen LogP contribution in [0.15, 0.2) is 11.5 Å². The molecule has 2 saturated carbocycles. The zero-order valence-corrected chi connectivity index (χ0v) is 12.9. The van der Waals surface area contributed by atoms with Crippen LogP contribution in [0.1, 0.15) is 40.5 Å². The highest BCUT2D eigenvalue weighted by atomic mass is 16.4. The Morgan fingerprint density at radius 2 is 2.11 bits per heavy atom. The van der Waals surface area contributed by atoms with Gasteiger partial charge < -0.3 is 10.0 Å².